The average Bonchev–Trinajstić information content (AvgIpc) is 2.15. The minimum Gasteiger partial charge on any atom is -0.481 e. The van der Waals surface area contributed by atoms with Gasteiger partial charge < -0.3 is 10.2 Å². The number of rotatable bonds is 9. The molecular weight excluding hydrogens is 200 g/mol. The van der Waals surface area contributed by atoms with Gasteiger partial charge in [0.1, 0.15) is 0 Å². The normalized spacial score (nSPS) is 12.1. The van der Waals surface area contributed by atoms with Crippen LogP contribution in [-0.2, 0) is 4.79 Å². The maximum atomic E-state index is 10.3. The van der Waals surface area contributed by atoms with Gasteiger partial charge in [0.15, 0.2) is 0 Å². The average molecular weight is 218 g/mol. The van der Waals surface area contributed by atoms with Crippen LogP contribution in [0.4, 0.5) is 0 Å². The van der Waals surface area contributed by atoms with Gasteiger partial charge in [0.2, 0.25) is 0 Å². The fourth-order valence-electron chi connectivity index (χ4n) is 1.22. The molecule has 0 heterocycles. The van der Waals surface area contributed by atoms with Crippen LogP contribution < -0.4 is 0 Å². The van der Waals surface area contributed by atoms with E-state index in [1.807, 2.05) is 6.92 Å². The Morgan fingerprint density at radius 1 is 1.47 bits per heavy atom. The van der Waals surface area contributed by atoms with Gasteiger partial charge in [0, 0.05) is 6.54 Å². The van der Waals surface area contributed by atoms with Crippen LogP contribution in [-0.4, -0.2) is 40.4 Å². The van der Waals surface area contributed by atoms with Crippen molar-refractivity contribution in [3.63, 3.8) is 0 Å². The highest BCUT2D eigenvalue weighted by molar-refractivity contribution is 5.67. The highest BCUT2D eigenvalue weighted by Crippen LogP contribution is 2.02. The Kier molecular flexibility index (Phi) is 7.53. The first-order valence-electron chi connectivity index (χ1n) is 5.08. The molecule has 6 nitrogen and oxygen atoms in total. The van der Waals surface area contributed by atoms with Crippen LogP contribution >= 0.6 is 0 Å². The Labute approximate surface area is 88.8 Å². The van der Waals surface area contributed by atoms with E-state index < -0.39 is 12.1 Å². The van der Waals surface area contributed by atoms with Gasteiger partial charge in [-0.3, -0.25) is 9.80 Å². The summed E-state index contributed by atoms with van der Waals surface area (Å²) in [5.74, 6) is -1.08. The van der Waals surface area contributed by atoms with Crippen molar-refractivity contribution < 1.29 is 15.0 Å². The number of carboxylic acid groups (broad SMARTS) is 1. The van der Waals surface area contributed by atoms with Crippen LogP contribution in [0.2, 0.25) is 0 Å². The predicted octanol–water partition coefficient (Wildman–Crippen LogP) is 0.996. The number of hydrogen-bond acceptors (Lipinski definition) is 4. The molecule has 0 aliphatic heterocycles. The summed E-state index contributed by atoms with van der Waals surface area (Å²) < 4.78 is 0. The third kappa shape index (κ3) is 7.87. The third-order valence-corrected chi connectivity index (χ3v) is 1.97. The summed E-state index contributed by atoms with van der Waals surface area (Å²) in [5, 5.41) is 21.6. The molecule has 0 saturated carbocycles. The maximum absolute atomic E-state index is 10.3. The number of carboxylic acids is 1. The molecule has 2 N–H and O–H groups in total. The van der Waals surface area contributed by atoms with Gasteiger partial charge in [-0.05, 0) is 6.42 Å². The van der Waals surface area contributed by atoms with Crippen LogP contribution in [0, 0.1) is 4.91 Å². The van der Waals surface area contributed by atoms with E-state index in [2.05, 4.69) is 5.29 Å². The Hall–Kier alpha value is -1.17. The molecule has 0 aromatic heterocycles. The summed E-state index contributed by atoms with van der Waals surface area (Å²) in [4.78, 5) is 20.6. The lowest BCUT2D eigenvalue weighted by atomic mass is 10.2. The largest absolute Gasteiger partial charge is 0.481 e. The molecule has 0 fully saturated rings. The van der Waals surface area contributed by atoms with Crippen LogP contribution in [0.15, 0.2) is 5.29 Å². The van der Waals surface area contributed by atoms with Crippen LogP contribution in [0.3, 0.4) is 0 Å². The first-order chi connectivity index (χ1) is 7.10. The lowest BCUT2D eigenvalue weighted by Gasteiger charge is -2.17. The zero-order chi connectivity index (χ0) is 11.7. The van der Waals surface area contributed by atoms with E-state index in [0.717, 1.165) is 19.3 Å². The number of hydrogen-bond donors (Lipinski definition) is 2. The van der Waals surface area contributed by atoms with Crippen molar-refractivity contribution in [3.8, 4) is 0 Å². The van der Waals surface area contributed by atoms with E-state index in [1.54, 1.807) is 0 Å². The lowest BCUT2D eigenvalue weighted by molar-refractivity contribution is -0.139. The van der Waals surface area contributed by atoms with Gasteiger partial charge >= 0.3 is 5.97 Å². The van der Waals surface area contributed by atoms with E-state index in [0.29, 0.717) is 6.54 Å². The molecule has 15 heavy (non-hydrogen) atoms. The Bertz CT molecular complexity index is 199. The molecule has 0 aromatic rings. The van der Waals surface area contributed by atoms with Crippen molar-refractivity contribution in [2.45, 2.75) is 38.7 Å². The van der Waals surface area contributed by atoms with Crippen molar-refractivity contribution in [3.05, 3.63) is 4.91 Å². The minimum absolute atomic E-state index is 0.0144. The van der Waals surface area contributed by atoms with Crippen LogP contribution in [0.1, 0.15) is 32.6 Å². The molecule has 0 spiro atoms. The summed E-state index contributed by atoms with van der Waals surface area (Å²) in [6.07, 6.45) is 1.44. The highest BCUT2D eigenvalue weighted by atomic mass is 16.4. The summed E-state index contributed by atoms with van der Waals surface area (Å²) >= 11 is 0. The molecule has 0 aliphatic carbocycles. The Balaban J connectivity index is 3.76. The molecule has 0 rings (SSSR count). The SMILES string of the molecule is CCCCCN(CC(O)CC(=O)O)N=O. The fourth-order valence-corrected chi connectivity index (χ4v) is 1.22. The number of unbranched alkanes of at least 4 members (excludes halogenated alkanes) is 2. The van der Waals surface area contributed by atoms with E-state index in [-0.39, 0.29) is 13.0 Å². The minimum atomic E-state index is -1.08. The summed E-state index contributed by atoms with van der Waals surface area (Å²) in [6.45, 7) is 2.49. The monoisotopic (exact) mass is 218 g/mol. The van der Waals surface area contributed by atoms with E-state index in [4.69, 9.17) is 5.11 Å². The molecule has 0 aromatic carbocycles. The van der Waals surface area contributed by atoms with Gasteiger partial charge in [-0.2, -0.15) is 0 Å². The number of aliphatic hydroxyl groups is 1. The zero-order valence-electron chi connectivity index (χ0n) is 8.93. The summed E-state index contributed by atoms with van der Waals surface area (Å²) in [6, 6.07) is 0. The smallest absolute Gasteiger partial charge is 0.306 e. The molecule has 88 valence electrons. The number of nitrogens with zero attached hydrogens (tertiary/aromatic N) is 2. The third-order valence-electron chi connectivity index (χ3n) is 1.97. The standard InChI is InChI=1S/C9H18N2O4/c1-2-3-4-5-11(10-15)7-8(12)6-9(13)14/h8,12H,2-7H2,1H3,(H,13,14). The first-order valence-corrected chi connectivity index (χ1v) is 5.08. The number of aliphatic hydroxyl groups excluding tert-OH is 1. The van der Waals surface area contributed by atoms with E-state index in [9.17, 15) is 14.8 Å². The topological polar surface area (TPSA) is 90.2 Å². The zero-order valence-corrected chi connectivity index (χ0v) is 8.93. The van der Waals surface area contributed by atoms with Gasteiger partial charge in [-0.1, -0.05) is 19.8 Å². The highest BCUT2D eigenvalue weighted by Gasteiger charge is 2.13. The predicted molar refractivity (Wildman–Crippen MR) is 55.2 cm³/mol. The second-order valence-electron chi connectivity index (χ2n) is 3.45. The number of aliphatic carboxylic acids is 1. The van der Waals surface area contributed by atoms with Crippen molar-refractivity contribution >= 4 is 5.97 Å². The lowest BCUT2D eigenvalue weighted by Crippen LogP contribution is -2.30. The second kappa shape index (κ2) is 8.16. The first kappa shape index (κ1) is 13.8. The Morgan fingerprint density at radius 3 is 2.60 bits per heavy atom. The van der Waals surface area contributed by atoms with Crippen molar-refractivity contribution in [1.82, 2.24) is 5.01 Å². The van der Waals surface area contributed by atoms with Crippen LogP contribution in [0.5, 0.6) is 0 Å². The van der Waals surface area contributed by atoms with Gasteiger partial charge in [0.05, 0.1) is 24.4 Å². The molecule has 6 heteroatoms. The van der Waals surface area contributed by atoms with E-state index >= 15 is 0 Å². The van der Waals surface area contributed by atoms with E-state index in [1.165, 1.54) is 5.01 Å². The molecule has 0 bridgehead atoms. The van der Waals surface area contributed by atoms with Crippen LogP contribution in [0.25, 0.3) is 0 Å². The molecule has 1 atom stereocenters. The van der Waals surface area contributed by atoms with Gasteiger partial charge in [0.25, 0.3) is 0 Å². The molecule has 0 saturated heterocycles. The summed E-state index contributed by atoms with van der Waals surface area (Å²) in [7, 11) is 0. The number of carbonyl (C=O) groups is 1. The molecule has 0 radical (unpaired) electrons. The molecule has 0 aliphatic rings. The van der Waals surface area contributed by atoms with Crippen molar-refractivity contribution in [2.75, 3.05) is 13.1 Å². The molecule has 0 amide bonds. The maximum Gasteiger partial charge on any atom is 0.306 e. The fraction of sp³-hybridized carbons (Fsp3) is 0.889. The van der Waals surface area contributed by atoms with Gasteiger partial charge in [-0.15, -0.1) is 4.91 Å². The summed E-state index contributed by atoms with van der Waals surface area (Å²) in [5.41, 5.74) is 0. The Morgan fingerprint density at radius 2 is 2.13 bits per heavy atom. The van der Waals surface area contributed by atoms with Crippen molar-refractivity contribution in [1.29, 1.82) is 0 Å². The van der Waals surface area contributed by atoms with Crippen molar-refractivity contribution in [2.24, 2.45) is 5.29 Å². The van der Waals surface area contributed by atoms with Gasteiger partial charge in [-0.25, -0.2) is 0 Å². The number of nitroso groups, excluding NO2 is 1. The quantitative estimate of drug-likeness (QED) is 0.342. The molecular formula is C9H18N2O4. The second-order valence-corrected chi connectivity index (χ2v) is 3.45. The molecule has 1 unspecified atom stereocenters.